The molecule has 3 amide bonds. The number of aromatic amines is 1. The number of anilines is 2. The SMILES string of the molecule is C.C.C.C.CC(C)(C)CCCCCN1C(=O)CNC1=O.CC(C)(C)CCCCCNc1ccc[nH]c1=O.CC(C)(C)CCCCCn1ccc(N)nc1=O.CC(C)(C)CCCCCn1cccnc1=O. The van der Waals surface area contributed by atoms with Gasteiger partial charge in [0.15, 0.2) is 0 Å². The Bertz CT molecular complexity index is 1960. The number of nitrogens with two attached hydrogens (primary N) is 1. The Morgan fingerprint density at radius 1 is 0.571 bits per heavy atom. The van der Waals surface area contributed by atoms with Crippen molar-refractivity contribution in [3.8, 4) is 0 Å². The van der Waals surface area contributed by atoms with Crippen molar-refractivity contribution in [3.63, 3.8) is 0 Å². The molecule has 0 unspecified atom stereocenters. The molecule has 1 aliphatic rings. The van der Waals surface area contributed by atoms with Crippen LogP contribution in [0.4, 0.5) is 16.3 Å². The van der Waals surface area contributed by atoms with Crippen molar-refractivity contribution in [2.45, 2.75) is 229 Å². The van der Waals surface area contributed by atoms with E-state index in [9.17, 15) is 24.0 Å². The number of unbranched alkanes of at least 4 members (excludes halogenated alkanes) is 8. The number of urea groups is 1. The molecule has 70 heavy (non-hydrogen) atoms. The molecule has 0 atom stereocenters. The molecule has 0 radical (unpaired) electrons. The van der Waals surface area contributed by atoms with E-state index in [1.54, 1.807) is 46.1 Å². The fourth-order valence-corrected chi connectivity index (χ4v) is 6.92. The molecular formula is C56H107N9O5. The Labute approximate surface area is 427 Å². The second kappa shape index (κ2) is 37.1. The van der Waals surface area contributed by atoms with Gasteiger partial charge in [0.2, 0.25) is 5.91 Å². The first-order chi connectivity index (χ1) is 30.8. The maximum absolute atomic E-state index is 11.4. The van der Waals surface area contributed by atoms with E-state index in [1.165, 1.54) is 62.7 Å². The minimum absolute atomic E-state index is 0. The Hall–Kier alpha value is -4.75. The highest BCUT2D eigenvalue weighted by Gasteiger charge is 2.27. The van der Waals surface area contributed by atoms with Crippen molar-refractivity contribution in [1.29, 1.82) is 0 Å². The van der Waals surface area contributed by atoms with E-state index in [0.717, 1.165) is 64.6 Å². The number of imide groups is 1. The predicted octanol–water partition coefficient (Wildman–Crippen LogP) is 13.4. The molecule has 1 saturated heterocycles. The zero-order valence-electron chi connectivity index (χ0n) is 43.3. The van der Waals surface area contributed by atoms with Gasteiger partial charge in [0.05, 0.1) is 6.54 Å². The number of H-pyrrole nitrogens is 1. The van der Waals surface area contributed by atoms with Gasteiger partial charge >= 0.3 is 17.4 Å². The number of aryl methyl sites for hydroxylation is 2. The van der Waals surface area contributed by atoms with E-state index >= 15 is 0 Å². The van der Waals surface area contributed by atoms with E-state index in [4.69, 9.17) is 5.73 Å². The molecule has 0 saturated carbocycles. The second-order valence-electron chi connectivity index (χ2n) is 22.5. The third kappa shape index (κ3) is 38.1. The third-order valence-electron chi connectivity index (χ3n) is 10.8. The third-order valence-corrected chi connectivity index (χ3v) is 10.8. The molecular weight excluding hydrogens is 879 g/mol. The molecule has 14 heteroatoms. The van der Waals surface area contributed by atoms with Crippen molar-refractivity contribution in [1.82, 2.24) is 34.3 Å². The zero-order valence-corrected chi connectivity index (χ0v) is 43.3. The van der Waals surface area contributed by atoms with Gasteiger partial charge in [-0.3, -0.25) is 23.6 Å². The number of aromatic nitrogens is 5. The average Bonchev–Trinajstić information content (AvgIpc) is 3.52. The quantitative estimate of drug-likeness (QED) is 0.0594. The van der Waals surface area contributed by atoms with Gasteiger partial charge in [-0.1, -0.05) is 164 Å². The number of hydrogen-bond acceptors (Lipinski definition) is 9. The molecule has 14 nitrogen and oxygen atoms in total. The van der Waals surface area contributed by atoms with Crippen LogP contribution in [-0.4, -0.2) is 60.6 Å². The smallest absolute Gasteiger partial charge is 0.349 e. The number of carbonyl (C=O) groups is 2. The first-order valence-corrected chi connectivity index (χ1v) is 24.6. The van der Waals surface area contributed by atoms with E-state index in [-0.39, 0.29) is 65.1 Å². The lowest BCUT2D eigenvalue weighted by Gasteiger charge is -2.18. The van der Waals surface area contributed by atoms with Gasteiger partial charge in [0.1, 0.15) is 11.5 Å². The molecule has 406 valence electrons. The monoisotopic (exact) mass is 986 g/mol. The summed E-state index contributed by atoms with van der Waals surface area (Å²) in [5.41, 5.74) is 7.30. The Balaban J connectivity index is -0.000000407. The number of nitrogens with one attached hydrogen (secondary N) is 3. The number of amides is 3. The summed E-state index contributed by atoms with van der Waals surface area (Å²) in [6.07, 6.45) is 25.2. The summed E-state index contributed by atoms with van der Waals surface area (Å²) < 4.78 is 3.30. The lowest BCUT2D eigenvalue weighted by Crippen LogP contribution is -2.31. The number of nitrogens with zero attached hydrogens (tertiary/aromatic N) is 5. The molecule has 0 spiro atoms. The minimum atomic E-state index is -0.249. The van der Waals surface area contributed by atoms with Gasteiger partial charge < -0.3 is 21.4 Å². The summed E-state index contributed by atoms with van der Waals surface area (Å²) in [5.74, 6) is 0.194. The molecule has 1 fully saturated rings. The number of hydrogen-bond donors (Lipinski definition) is 4. The number of rotatable bonds is 21. The molecule has 4 heterocycles. The Kier molecular flexibility index (Phi) is 38.0. The first-order valence-electron chi connectivity index (χ1n) is 24.6. The molecule has 0 aliphatic carbocycles. The second-order valence-corrected chi connectivity index (χ2v) is 22.5. The van der Waals surface area contributed by atoms with E-state index in [1.807, 2.05) is 12.1 Å². The fraction of sp³-hybridized carbons (Fsp3) is 0.732. The molecule has 0 aromatic carbocycles. The van der Waals surface area contributed by atoms with Gasteiger partial charge in [-0.05, 0) is 97.3 Å². The standard InChI is InChI=1S/C14H24N2O.C13H23N3O.C13H22N2O.C12H22N2O2.4CH4/c1-14(2,3)9-5-4-6-10-15-12-8-7-11-16-13(12)17;1-13(2,3)8-5-4-6-9-16-10-7-11(14)15-12(16)17;1-13(2,3)8-5-4-6-10-15-11-7-9-14-12(15)16;1-12(2,3)7-5-4-6-8-14-10(15)9-13-11(14)16;;;;/h7-8,11,15H,4-6,9-10H2,1-3H3,(H,16,17);7,10H,4-6,8-9H2,1-3H3,(H2,14,15,17);7,9,11H,4-6,8,10H2,1-3H3;4-9H2,1-3H3,(H,13,16);4*1H4. The molecule has 5 N–H and O–H groups in total. The van der Waals surface area contributed by atoms with Crippen molar-refractivity contribution in [3.05, 3.63) is 80.4 Å². The maximum atomic E-state index is 11.4. The van der Waals surface area contributed by atoms with Crippen LogP contribution < -0.4 is 33.3 Å². The van der Waals surface area contributed by atoms with Crippen LogP contribution in [0.25, 0.3) is 0 Å². The topological polar surface area (TPSA) is 190 Å². The van der Waals surface area contributed by atoms with Crippen LogP contribution >= 0.6 is 0 Å². The van der Waals surface area contributed by atoms with Crippen LogP contribution in [0, 0.1) is 21.7 Å². The summed E-state index contributed by atoms with van der Waals surface area (Å²) in [6, 6.07) is 6.88. The zero-order chi connectivity index (χ0) is 49.8. The van der Waals surface area contributed by atoms with Gasteiger partial charge in [0.25, 0.3) is 5.56 Å². The fourth-order valence-electron chi connectivity index (χ4n) is 6.92. The molecule has 4 rings (SSSR count). The number of pyridine rings is 1. The van der Waals surface area contributed by atoms with Gasteiger partial charge in [0, 0.05) is 51.0 Å². The van der Waals surface area contributed by atoms with E-state index < -0.39 is 0 Å². The van der Waals surface area contributed by atoms with Crippen LogP contribution in [0.1, 0.15) is 216 Å². The lowest BCUT2D eigenvalue weighted by molar-refractivity contribution is -0.125. The minimum Gasteiger partial charge on any atom is -0.383 e. The van der Waals surface area contributed by atoms with Crippen LogP contribution in [0.15, 0.2) is 63.4 Å². The Morgan fingerprint density at radius 2 is 1.03 bits per heavy atom. The van der Waals surface area contributed by atoms with Crippen LogP contribution in [0.3, 0.4) is 0 Å². The number of nitrogen functional groups attached to an aromatic ring is 1. The van der Waals surface area contributed by atoms with Crippen molar-refractivity contribution < 1.29 is 9.59 Å². The highest BCUT2D eigenvalue weighted by Crippen LogP contribution is 2.24. The van der Waals surface area contributed by atoms with Crippen LogP contribution in [0.5, 0.6) is 0 Å². The van der Waals surface area contributed by atoms with Crippen LogP contribution in [-0.2, 0) is 17.9 Å². The van der Waals surface area contributed by atoms with Crippen molar-refractivity contribution in [2.75, 3.05) is 30.7 Å². The van der Waals surface area contributed by atoms with Crippen molar-refractivity contribution in [2.24, 2.45) is 21.7 Å². The molecule has 3 aromatic heterocycles. The summed E-state index contributed by atoms with van der Waals surface area (Å²) >= 11 is 0. The van der Waals surface area contributed by atoms with Gasteiger partial charge in [-0.25, -0.2) is 19.4 Å². The van der Waals surface area contributed by atoms with Gasteiger partial charge in [-0.2, -0.15) is 4.98 Å². The molecule has 3 aromatic rings. The summed E-state index contributed by atoms with van der Waals surface area (Å²) in [5, 5.41) is 5.69. The maximum Gasteiger partial charge on any atom is 0.349 e. The lowest BCUT2D eigenvalue weighted by atomic mass is 9.89. The summed E-state index contributed by atoms with van der Waals surface area (Å²) in [7, 11) is 0. The number of carbonyl (C=O) groups excluding carboxylic acids is 2. The first kappa shape index (κ1) is 71.8. The molecule has 1 aliphatic heterocycles. The Morgan fingerprint density at radius 3 is 1.44 bits per heavy atom. The van der Waals surface area contributed by atoms with E-state index in [2.05, 4.69) is 109 Å². The highest BCUT2D eigenvalue weighted by atomic mass is 16.2. The van der Waals surface area contributed by atoms with E-state index in [0.29, 0.717) is 39.7 Å². The molecule has 0 bridgehead atoms. The summed E-state index contributed by atoms with van der Waals surface area (Å²) in [4.78, 5) is 67.9. The largest absolute Gasteiger partial charge is 0.383 e. The highest BCUT2D eigenvalue weighted by molar-refractivity contribution is 6.01. The predicted molar refractivity (Wildman–Crippen MR) is 301 cm³/mol. The summed E-state index contributed by atoms with van der Waals surface area (Å²) in [6.45, 7) is 30.2. The normalized spacial score (nSPS) is 12.1. The van der Waals surface area contributed by atoms with Crippen molar-refractivity contribution >= 4 is 23.4 Å². The van der Waals surface area contributed by atoms with Gasteiger partial charge in [-0.15, -0.1) is 0 Å². The van der Waals surface area contributed by atoms with Crippen LogP contribution in [0.2, 0.25) is 0 Å². The average molecular weight is 987 g/mol.